The number of benzene rings is 1. The molecule has 17 heavy (non-hydrogen) atoms. The first-order valence-corrected chi connectivity index (χ1v) is 4.72. The molecule has 1 aromatic heterocycles. The molecule has 86 valence electrons. The van der Waals surface area contributed by atoms with Crippen molar-refractivity contribution >= 4 is 11.7 Å². The van der Waals surface area contributed by atoms with Crippen molar-refractivity contribution in [1.82, 2.24) is 15.2 Å². The van der Waals surface area contributed by atoms with Crippen molar-refractivity contribution in [2.24, 2.45) is 0 Å². The lowest BCUT2D eigenvalue weighted by atomic mass is 10.2. The molecule has 0 atom stereocenters. The van der Waals surface area contributed by atoms with Crippen LogP contribution in [0.2, 0.25) is 0 Å². The normalized spacial score (nSPS) is 9.88. The van der Waals surface area contributed by atoms with Crippen molar-refractivity contribution in [3.05, 3.63) is 56.7 Å². The number of hydrogen-bond acceptors (Lipinski definition) is 4. The summed E-state index contributed by atoms with van der Waals surface area (Å²) >= 11 is 0. The molecule has 0 saturated carbocycles. The van der Waals surface area contributed by atoms with Crippen LogP contribution in [0.4, 0.5) is 5.82 Å². The van der Waals surface area contributed by atoms with Crippen molar-refractivity contribution in [2.45, 2.75) is 0 Å². The lowest BCUT2D eigenvalue weighted by molar-refractivity contribution is 0.102. The van der Waals surface area contributed by atoms with E-state index in [-0.39, 0.29) is 5.82 Å². The molecule has 7 heteroatoms. The second-order valence-corrected chi connectivity index (χ2v) is 3.18. The number of aromatic amines is 2. The maximum Gasteiger partial charge on any atom is 0.342 e. The zero-order chi connectivity index (χ0) is 12.3. The summed E-state index contributed by atoms with van der Waals surface area (Å²) in [6.45, 7) is 0. The van der Waals surface area contributed by atoms with Gasteiger partial charge < -0.3 is 5.32 Å². The Bertz CT molecular complexity index is 644. The van der Waals surface area contributed by atoms with E-state index in [0.717, 1.165) is 0 Å². The second-order valence-electron chi connectivity index (χ2n) is 3.18. The predicted molar refractivity (Wildman–Crippen MR) is 59.9 cm³/mol. The van der Waals surface area contributed by atoms with E-state index in [9.17, 15) is 14.4 Å². The molecule has 0 radical (unpaired) electrons. The smallest absolute Gasteiger partial charge is 0.300 e. The summed E-state index contributed by atoms with van der Waals surface area (Å²) in [6, 6.07) is 8.34. The SMILES string of the molecule is O=C(Nc1n[nH]c(=O)[nH]c1=O)c1ccccc1. The van der Waals surface area contributed by atoms with Crippen LogP contribution in [0.3, 0.4) is 0 Å². The Labute approximate surface area is 94.5 Å². The van der Waals surface area contributed by atoms with Gasteiger partial charge in [0.05, 0.1) is 0 Å². The van der Waals surface area contributed by atoms with Gasteiger partial charge in [-0.15, -0.1) is 5.10 Å². The van der Waals surface area contributed by atoms with Crippen molar-refractivity contribution < 1.29 is 4.79 Å². The van der Waals surface area contributed by atoms with E-state index in [1.54, 1.807) is 30.3 Å². The fourth-order valence-corrected chi connectivity index (χ4v) is 1.20. The fourth-order valence-electron chi connectivity index (χ4n) is 1.20. The van der Waals surface area contributed by atoms with Gasteiger partial charge in [-0.1, -0.05) is 18.2 Å². The summed E-state index contributed by atoms with van der Waals surface area (Å²) in [5.41, 5.74) is -1.09. The standard InChI is InChI=1S/C10H8N4O3/c15-8(6-4-2-1-3-5-6)11-7-9(16)12-10(17)14-13-7/h1-5H,(H,11,13,15)(H2,12,14,16,17). The lowest BCUT2D eigenvalue weighted by Gasteiger charge is -2.01. The van der Waals surface area contributed by atoms with Crippen LogP contribution in [0.15, 0.2) is 39.9 Å². The van der Waals surface area contributed by atoms with Gasteiger partial charge >= 0.3 is 5.69 Å². The molecular formula is C10H8N4O3. The second kappa shape index (κ2) is 4.44. The first-order chi connectivity index (χ1) is 8.16. The summed E-state index contributed by atoms with van der Waals surface area (Å²) in [5.74, 6) is -0.728. The van der Waals surface area contributed by atoms with Crippen molar-refractivity contribution in [2.75, 3.05) is 5.32 Å². The van der Waals surface area contributed by atoms with E-state index >= 15 is 0 Å². The van der Waals surface area contributed by atoms with Gasteiger partial charge in [0, 0.05) is 5.56 Å². The molecule has 0 aliphatic carbocycles. The molecule has 0 fully saturated rings. The molecule has 0 bridgehead atoms. The molecule has 1 aromatic carbocycles. The Morgan fingerprint density at radius 1 is 1.18 bits per heavy atom. The maximum atomic E-state index is 11.7. The Kier molecular flexibility index (Phi) is 2.82. The Morgan fingerprint density at radius 3 is 2.53 bits per heavy atom. The highest BCUT2D eigenvalue weighted by Crippen LogP contribution is 2.00. The first kappa shape index (κ1) is 10.8. The molecular weight excluding hydrogens is 224 g/mol. The monoisotopic (exact) mass is 232 g/mol. The highest BCUT2D eigenvalue weighted by atomic mass is 16.2. The van der Waals surface area contributed by atoms with Gasteiger partial charge in [0.2, 0.25) is 5.82 Å². The summed E-state index contributed by atoms with van der Waals surface area (Å²) in [5, 5.41) is 7.74. The van der Waals surface area contributed by atoms with E-state index in [1.807, 2.05) is 10.1 Å². The molecule has 2 rings (SSSR count). The minimum Gasteiger partial charge on any atom is -0.300 e. The van der Waals surface area contributed by atoms with Crippen molar-refractivity contribution in [1.29, 1.82) is 0 Å². The van der Waals surface area contributed by atoms with Gasteiger partial charge in [-0.25, -0.2) is 9.89 Å². The highest BCUT2D eigenvalue weighted by Gasteiger charge is 2.09. The van der Waals surface area contributed by atoms with E-state index in [1.165, 1.54) is 0 Å². The van der Waals surface area contributed by atoms with E-state index in [4.69, 9.17) is 0 Å². The van der Waals surface area contributed by atoms with E-state index < -0.39 is 17.2 Å². The molecule has 2 aromatic rings. The van der Waals surface area contributed by atoms with Gasteiger partial charge in [0.1, 0.15) is 0 Å². The van der Waals surface area contributed by atoms with Gasteiger partial charge in [-0.05, 0) is 12.1 Å². The minimum atomic E-state index is -0.752. The highest BCUT2D eigenvalue weighted by molar-refractivity contribution is 6.03. The summed E-state index contributed by atoms with van der Waals surface area (Å²) in [4.78, 5) is 35.6. The van der Waals surface area contributed by atoms with Gasteiger partial charge in [-0.3, -0.25) is 14.6 Å². The number of anilines is 1. The summed E-state index contributed by atoms with van der Waals surface area (Å²) < 4.78 is 0. The minimum absolute atomic E-state index is 0.251. The van der Waals surface area contributed by atoms with Crippen LogP contribution >= 0.6 is 0 Å². The average Bonchev–Trinajstić information content (AvgIpc) is 2.34. The van der Waals surface area contributed by atoms with Crippen LogP contribution in [-0.2, 0) is 0 Å². The van der Waals surface area contributed by atoms with Crippen LogP contribution in [0.25, 0.3) is 0 Å². The van der Waals surface area contributed by atoms with Crippen LogP contribution in [-0.4, -0.2) is 21.1 Å². The third-order valence-electron chi connectivity index (χ3n) is 1.98. The Morgan fingerprint density at radius 2 is 1.88 bits per heavy atom. The third kappa shape index (κ3) is 2.46. The number of nitrogens with one attached hydrogen (secondary N) is 3. The molecule has 0 aliphatic heterocycles. The zero-order valence-corrected chi connectivity index (χ0v) is 8.56. The van der Waals surface area contributed by atoms with Crippen LogP contribution in [0.1, 0.15) is 10.4 Å². The first-order valence-electron chi connectivity index (χ1n) is 4.72. The van der Waals surface area contributed by atoms with Gasteiger partial charge in [0.25, 0.3) is 11.5 Å². The number of carbonyl (C=O) groups is 1. The van der Waals surface area contributed by atoms with E-state index in [2.05, 4.69) is 10.4 Å². The van der Waals surface area contributed by atoms with Crippen molar-refractivity contribution in [3.63, 3.8) is 0 Å². The zero-order valence-electron chi connectivity index (χ0n) is 8.56. The number of amides is 1. The number of hydrogen-bond donors (Lipinski definition) is 3. The topological polar surface area (TPSA) is 108 Å². The van der Waals surface area contributed by atoms with Crippen LogP contribution < -0.4 is 16.6 Å². The van der Waals surface area contributed by atoms with Crippen LogP contribution in [0.5, 0.6) is 0 Å². The average molecular weight is 232 g/mol. The largest absolute Gasteiger partial charge is 0.342 e. The summed E-state index contributed by atoms with van der Waals surface area (Å²) in [6.07, 6.45) is 0. The Balaban J connectivity index is 2.25. The predicted octanol–water partition coefficient (Wildman–Crippen LogP) is -0.290. The molecule has 0 aliphatic rings. The molecule has 7 nitrogen and oxygen atoms in total. The quantitative estimate of drug-likeness (QED) is 0.661. The lowest BCUT2D eigenvalue weighted by Crippen LogP contribution is -2.28. The molecule has 0 spiro atoms. The molecule has 1 heterocycles. The number of nitrogens with zero attached hydrogens (tertiary/aromatic N) is 1. The number of rotatable bonds is 2. The number of aromatic nitrogens is 3. The van der Waals surface area contributed by atoms with E-state index in [0.29, 0.717) is 5.56 Å². The molecule has 0 unspecified atom stereocenters. The fraction of sp³-hybridized carbons (Fsp3) is 0. The van der Waals surface area contributed by atoms with Crippen LogP contribution in [0, 0.1) is 0 Å². The van der Waals surface area contributed by atoms with Gasteiger partial charge in [-0.2, -0.15) is 0 Å². The number of carbonyl (C=O) groups excluding carboxylic acids is 1. The molecule has 3 N–H and O–H groups in total. The third-order valence-corrected chi connectivity index (χ3v) is 1.98. The molecule has 0 saturated heterocycles. The Hall–Kier alpha value is -2.70. The summed E-state index contributed by atoms with van der Waals surface area (Å²) in [7, 11) is 0. The molecule has 1 amide bonds. The van der Waals surface area contributed by atoms with Gasteiger partial charge in [0.15, 0.2) is 0 Å². The van der Waals surface area contributed by atoms with Crippen molar-refractivity contribution in [3.8, 4) is 0 Å². The maximum absolute atomic E-state index is 11.7. The number of H-pyrrole nitrogens is 2.